The summed E-state index contributed by atoms with van der Waals surface area (Å²) in [6, 6.07) is 19.5. The maximum Gasteiger partial charge on any atom is 0.319 e. The standard InChI is InChI=1S/C23H22BN.C2H6/c1-2-18-13-15-21(16-14-18)24-22(19-9-5-3-6-10-19)17-23(25-24)20-11-7-4-8-12-20;1-2/h2-7,9-11,13-16,22H,1,8,12,17H2;1-2H3. The zero-order chi connectivity index (χ0) is 19.1. The van der Waals surface area contributed by atoms with Gasteiger partial charge in [-0.1, -0.05) is 105 Å². The second-order valence-corrected chi connectivity index (χ2v) is 6.77. The molecule has 1 nitrogen and oxygen atoms in total. The molecule has 0 bridgehead atoms. The number of nitrogens with zero attached hydrogens (tertiary/aromatic N) is 1. The van der Waals surface area contributed by atoms with Gasteiger partial charge in [0.2, 0.25) is 0 Å². The summed E-state index contributed by atoms with van der Waals surface area (Å²) < 4.78 is 0. The van der Waals surface area contributed by atoms with Crippen molar-refractivity contribution in [3.8, 4) is 0 Å². The Morgan fingerprint density at radius 1 is 1.04 bits per heavy atom. The van der Waals surface area contributed by atoms with Gasteiger partial charge in [0.15, 0.2) is 0 Å². The molecule has 0 saturated carbocycles. The highest BCUT2D eigenvalue weighted by atomic mass is 14.7. The van der Waals surface area contributed by atoms with Crippen LogP contribution in [0.25, 0.3) is 6.08 Å². The molecule has 2 aromatic carbocycles. The molecule has 2 aromatic rings. The van der Waals surface area contributed by atoms with E-state index < -0.39 is 0 Å². The van der Waals surface area contributed by atoms with E-state index in [1.165, 1.54) is 22.3 Å². The number of hydrogen-bond acceptors (Lipinski definition) is 1. The third-order valence-electron chi connectivity index (χ3n) is 5.22. The van der Waals surface area contributed by atoms with E-state index in [4.69, 9.17) is 4.90 Å². The van der Waals surface area contributed by atoms with Crippen molar-refractivity contribution >= 4 is 24.1 Å². The number of allylic oxidation sites excluding steroid dienone is 4. The van der Waals surface area contributed by atoms with Crippen LogP contribution in [0.1, 0.15) is 50.1 Å². The van der Waals surface area contributed by atoms with Gasteiger partial charge in [-0.2, -0.15) is 0 Å². The molecule has 4 rings (SSSR count). The van der Waals surface area contributed by atoms with Gasteiger partial charge in [-0.3, -0.25) is 0 Å². The number of rotatable bonds is 4. The van der Waals surface area contributed by atoms with Crippen LogP contribution < -0.4 is 5.46 Å². The Morgan fingerprint density at radius 3 is 2.41 bits per heavy atom. The van der Waals surface area contributed by atoms with E-state index in [1.807, 2.05) is 19.9 Å². The molecule has 136 valence electrons. The second kappa shape index (κ2) is 9.37. The van der Waals surface area contributed by atoms with Gasteiger partial charge in [0.1, 0.15) is 0 Å². The molecular weight excluding hydrogens is 325 g/mol. The van der Waals surface area contributed by atoms with E-state index in [9.17, 15) is 0 Å². The van der Waals surface area contributed by atoms with Crippen LogP contribution in [-0.4, -0.2) is 12.6 Å². The van der Waals surface area contributed by atoms with Crippen LogP contribution in [0.5, 0.6) is 0 Å². The first-order valence-corrected chi connectivity index (χ1v) is 10.1. The minimum absolute atomic E-state index is 0.197. The summed E-state index contributed by atoms with van der Waals surface area (Å²) >= 11 is 0. The molecule has 1 atom stereocenters. The molecule has 0 spiro atoms. The van der Waals surface area contributed by atoms with Crippen molar-refractivity contribution in [3.05, 3.63) is 96.1 Å². The van der Waals surface area contributed by atoms with E-state index in [-0.39, 0.29) is 6.85 Å². The van der Waals surface area contributed by atoms with Crippen LogP contribution in [0.15, 0.2) is 89.9 Å². The molecule has 1 aliphatic heterocycles. The second-order valence-electron chi connectivity index (χ2n) is 6.77. The molecule has 27 heavy (non-hydrogen) atoms. The highest BCUT2D eigenvalue weighted by Crippen LogP contribution is 2.33. The largest absolute Gasteiger partial charge is 0.339 e. The minimum Gasteiger partial charge on any atom is -0.339 e. The topological polar surface area (TPSA) is 12.4 Å². The zero-order valence-electron chi connectivity index (χ0n) is 16.4. The van der Waals surface area contributed by atoms with Gasteiger partial charge in [0.25, 0.3) is 0 Å². The van der Waals surface area contributed by atoms with Gasteiger partial charge < -0.3 is 4.90 Å². The van der Waals surface area contributed by atoms with Crippen molar-refractivity contribution in [1.82, 2.24) is 0 Å². The summed E-state index contributed by atoms with van der Waals surface area (Å²) in [7, 11) is 0. The highest BCUT2D eigenvalue weighted by molar-refractivity contribution is 6.76. The Hall–Kier alpha value is -2.61. The van der Waals surface area contributed by atoms with E-state index in [2.05, 4.69) is 79.4 Å². The fourth-order valence-electron chi connectivity index (χ4n) is 3.82. The summed E-state index contributed by atoms with van der Waals surface area (Å²) in [4.78, 5) is 5.18. The summed E-state index contributed by atoms with van der Waals surface area (Å²) in [6.45, 7) is 8.05. The predicted octanol–water partition coefficient (Wildman–Crippen LogP) is 6.00. The first kappa shape index (κ1) is 19.2. The van der Waals surface area contributed by atoms with Gasteiger partial charge >= 0.3 is 6.85 Å². The third-order valence-corrected chi connectivity index (χ3v) is 5.22. The highest BCUT2D eigenvalue weighted by Gasteiger charge is 2.36. The molecule has 2 heteroatoms. The van der Waals surface area contributed by atoms with Crippen LogP contribution in [0.2, 0.25) is 0 Å². The zero-order valence-corrected chi connectivity index (χ0v) is 16.4. The average molecular weight is 353 g/mol. The molecule has 0 amide bonds. The van der Waals surface area contributed by atoms with Crippen LogP contribution in [0, 0.1) is 0 Å². The Balaban J connectivity index is 0.00000102. The monoisotopic (exact) mass is 353 g/mol. The van der Waals surface area contributed by atoms with Gasteiger partial charge in [0.05, 0.1) is 0 Å². The fourth-order valence-corrected chi connectivity index (χ4v) is 3.82. The lowest BCUT2D eigenvalue weighted by Crippen LogP contribution is -2.32. The van der Waals surface area contributed by atoms with Crippen molar-refractivity contribution in [1.29, 1.82) is 0 Å². The van der Waals surface area contributed by atoms with Gasteiger partial charge in [-0.25, -0.2) is 0 Å². The molecule has 1 aliphatic carbocycles. The quantitative estimate of drug-likeness (QED) is 0.598. The summed E-state index contributed by atoms with van der Waals surface area (Å²) in [5, 5.41) is 0. The molecule has 0 N–H and O–H groups in total. The molecule has 2 aliphatic rings. The van der Waals surface area contributed by atoms with Crippen molar-refractivity contribution in [2.45, 2.75) is 38.9 Å². The average Bonchev–Trinajstić information content (AvgIpc) is 3.22. The molecule has 0 aromatic heterocycles. The fraction of sp³-hybridized carbons (Fsp3) is 0.240. The SMILES string of the molecule is C=Cc1ccc(B2N=C(C3=CC=CCC3)CC2c2ccccc2)cc1.CC. The van der Waals surface area contributed by atoms with Crippen molar-refractivity contribution in [2.75, 3.05) is 0 Å². The van der Waals surface area contributed by atoms with Crippen LogP contribution in [0.4, 0.5) is 0 Å². The molecule has 1 heterocycles. The predicted molar refractivity (Wildman–Crippen MR) is 121 cm³/mol. The molecular formula is C25H28BN. The summed E-state index contributed by atoms with van der Waals surface area (Å²) in [5.74, 6) is 0.414. The maximum absolute atomic E-state index is 5.18. The molecule has 1 unspecified atom stereocenters. The van der Waals surface area contributed by atoms with Crippen LogP contribution in [0.3, 0.4) is 0 Å². The first-order valence-electron chi connectivity index (χ1n) is 10.1. The number of benzene rings is 2. The van der Waals surface area contributed by atoms with E-state index in [0.717, 1.165) is 24.8 Å². The third kappa shape index (κ3) is 4.39. The molecule has 0 fully saturated rings. The summed E-state index contributed by atoms with van der Waals surface area (Å²) in [5.41, 5.74) is 6.53. The van der Waals surface area contributed by atoms with Crippen molar-refractivity contribution in [3.63, 3.8) is 0 Å². The van der Waals surface area contributed by atoms with Crippen molar-refractivity contribution in [2.24, 2.45) is 4.90 Å². The first-order chi connectivity index (χ1) is 13.3. The lowest BCUT2D eigenvalue weighted by Gasteiger charge is -2.16. The van der Waals surface area contributed by atoms with E-state index >= 15 is 0 Å². The Kier molecular flexibility index (Phi) is 6.65. The molecule has 0 saturated heterocycles. The van der Waals surface area contributed by atoms with E-state index in [0.29, 0.717) is 5.82 Å². The van der Waals surface area contributed by atoms with Crippen LogP contribution >= 0.6 is 0 Å². The Bertz CT molecular complexity index is 844. The summed E-state index contributed by atoms with van der Waals surface area (Å²) in [6.07, 6.45) is 11.8. The lowest BCUT2D eigenvalue weighted by molar-refractivity contribution is 0.959. The minimum atomic E-state index is 0.197. The molecule has 0 radical (unpaired) electrons. The number of hydrogen-bond donors (Lipinski definition) is 0. The van der Waals surface area contributed by atoms with Crippen LogP contribution in [-0.2, 0) is 0 Å². The Morgan fingerprint density at radius 2 is 1.78 bits per heavy atom. The smallest absolute Gasteiger partial charge is 0.319 e. The van der Waals surface area contributed by atoms with Gasteiger partial charge in [-0.15, -0.1) is 0 Å². The maximum atomic E-state index is 5.18. The van der Waals surface area contributed by atoms with E-state index in [1.54, 1.807) is 0 Å². The van der Waals surface area contributed by atoms with Gasteiger partial charge in [0, 0.05) is 5.71 Å². The normalized spacial score (nSPS) is 18.3. The van der Waals surface area contributed by atoms with Crippen molar-refractivity contribution < 1.29 is 0 Å². The lowest BCUT2D eigenvalue weighted by atomic mass is 9.46. The van der Waals surface area contributed by atoms with Gasteiger partial charge in [-0.05, 0) is 41.8 Å². The Labute approximate surface area is 164 Å².